The fourth-order valence-electron chi connectivity index (χ4n) is 4.36. The van der Waals surface area contributed by atoms with Gasteiger partial charge in [0.1, 0.15) is 17.4 Å². The molecular weight excluding hydrogens is 567 g/mol. The van der Waals surface area contributed by atoms with Gasteiger partial charge in [-0.05, 0) is 29.7 Å². The molecule has 0 aliphatic heterocycles. The number of hydrogen-bond donors (Lipinski definition) is 3. The SMILES string of the molecule is CCCCN(Cc1ccccc1)c1c(N[C@@H](Cc2ccc(C(=O)Nc3c(Cl)cncc3Cl)cc2)C(=O)O)c(=O)c1=O. The van der Waals surface area contributed by atoms with Crippen molar-refractivity contribution >= 4 is 52.1 Å². The molecule has 0 fully saturated rings. The molecule has 3 N–H and O–H groups in total. The summed E-state index contributed by atoms with van der Waals surface area (Å²) in [5, 5.41) is 15.8. The summed E-state index contributed by atoms with van der Waals surface area (Å²) in [7, 11) is 0. The topological polar surface area (TPSA) is 129 Å². The Morgan fingerprint density at radius 2 is 1.59 bits per heavy atom. The summed E-state index contributed by atoms with van der Waals surface area (Å²) in [4.78, 5) is 55.8. The first-order valence-corrected chi connectivity index (χ1v) is 13.8. The number of nitrogens with one attached hydrogen (secondary N) is 2. The fraction of sp³-hybridized carbons (Fsp3) is 0.233. The number of pyridine rings is 1. The van der Waals surface area contributed by atoms with Gasteiger partial charge in [-0.2, -0.15) is 0 Å². The average Bonchev–Trinajstić information content (AvgIpc) is 2.97. The highest BCUT2D eigenvalue weighted by atomic mass is 35.5. The molecule has 0 aliphatic rings. The predicted octanol–water partition coefficient (Wildman–Crippen LogP) is 5.15. The Bertz CT molecular complexity index is 1580. The van der Waals surface area contributed by atoms with Crippen LogP contribution in [0.15, 0.2) is 76.6 Å². The predicted molar refractivity (Wildman–Crippen MR) is 161 cm³/mol. The van der Waals surface area contributed by atoms with Gasteiger partial charge in [-0.3, -0.25) is 19.4 Å². The van der Waals surface area contributed by atoms with Crippen molar-refractivity contribution in [2.45, 2.75) is 38.8 Å². The summed E-state index contributed by atoms with van der Waals surface area (Å²) in [5.74, 6) is -1.64. The number of nitrogens with zero attached hydrogens (tertiary/aromatic N) is 2. The van der Waals surface area contributed by atoms with E-state index in [1.165, 1.54) is 12.4 Å². The van der Waals surface area contributed by atoms with Gasteiger partial charge in [0.2, 0.25) is 0 Å². The molecule has 0 radical (unpaired) electrons. The normalized spacial score (nSPS) is 11.7. The fourth-order valence-corrected chi connectivity index (χ4v) is 4.82. The van der Waals surface area contributed by atoms with E-state index in [1.807, 2.05) is 42.2 Å². The molecule has 4 aromatic rings. The van der Waals surface area contributed by atoms with Crippen molar-refractivity contribution in [1.82, 2.24) is 4.98 Å². The standard InChI is InChI=1S/C30H28Cl2N4O5/c1-2-3-13-36(17-19-7-5-4-6-8-19)26-25(27(37)28(26)38)34-23(30(40)41)14-18-9-11-20(12-10-18)29(39)35-24-21(31)15-33-16-22(24)32/h4-12,15-16,23,34H,2-3,13-14,17H2,1H3,(H,40,41)(H,33,35,39)/t23-/m0/s1. The number of halogens is 2. The zero-order valence-electron chi connectivity index (χ0n) is 22.2. The third-order valence-electron chi connectivity index (χ3n) is 6.56. The van der Waals surface area contributed by atoms with Crippen molar-refractivity contribution in [3.8, 4) is 0 Å². The zero-order chi connectivity index (χ0) is 29.5. The first kappa shape index (κ1) is 29.8. The minimum atomic E-state index is -1.18. The second-order valence-electron chi connectivity index (χ2n) is 9.51. The van der Waals surface area contributed by atoms with E-state index in [9.17, 15) is 24.3 Å². The van der Waals surface area contributed by atoms with Crippen molar-refractivity contribution in [1.29, 1.82) is 0 Å². The molecule has 212 valence electrons. The number of carbonyl (C=O) groups excluding carboxylic acids is 1. The van der Waals surface area contributed by atoms with E-state index < -0.39 is 28.8 Å². The van der Waals surface area contributed by atoms with E-state index >= 15 is 0 Å². The zero-order valence-corrected chi connectivity index (χ0v) is 23.7. The quantitative estimate of drug-likeness (QED) is 0.181. The van der Waals surface area contributed by atoms with Gasteiger partial charge in [-0.15, -0.1) is 0 Å². The molecule has 0 aliphatic carbocycles. The van der Waals surface area contributed by atoms with E-state index in [2.05, 4.69) is 15.6 Å². The first-order chi connectivity index (χ1) is 19.7. The maximum atomic E-state index is 12.7. The minimum absolute atomic E-state index is 0.00510. The molecule has 1 amide bonds. The number of aliphatic carboxylic acids is 1. The summed E-state index contributed by atoms with van der Waals surface area (Å²) < 4.78 is 0. The molecule has 9 nitrogen and oxygen atoms in total. The van der Waals surface area contributed by atoms with Crippen LogP contribution in [0.2, 0.25) is 10.0 Å². The highest BCUT2D eigenvalue weighted by molar-refractivity contribution is 6.39. The second kappa shape index (κ2) is 13.4. The smallest absolute Gasteiger partial charge is 0.326 e. The third kappa shape index (κ3) is 7.11. The van der Waals surface area contributed by atoms with Crippen LogP contribution in [0, 0.1) is 0 Å². The van der Waals surface area contributed by atoms with Crippen LogP contribution in [0.4, 0.5) is 17.1 Å². The van der Waals surface area contributed by atoms with Crippen molar-refractivity contribution in [2.75, 3.05) is 22.1 Å². The largest absolute Gasteiger partial charge is 0.480 e. The monoisotopic (exact) mass is 594 g/mol. The number of carboxylic acid groups (broad SMARTS) is 1. The van der Waals surface area contributed by atoms with Crippen LogP contribution >= 0.6 is 23.2 Å². The third-order valence-corrected chi connectivity index (χ3v) is 7.14. The maximum Gasteiger partial charge on any atom is 0.326 e. The molecular formula is C30H28Cl2N4O5. The number of carbonyl (C=O) groups is 2. The van der Waals surface area contributed by atoms with Crippen LogP contribution < -0.4 is 26.4 Å². The molecule has 0 saturated carbocycles. The Hall–Kier alpha value is -4.21. The molecule has 0 spiro atoms. The Morgan fingerprint density at radius 3 is 2.20 bits per heavy atom. The summed E-state index contributed by atoms with van der Waals surface area (Å²) in [6, 6.07) is 14.7. The Morgan fingerprint density at radius 1 is 0.927 bits per heavy atom. The van der Waals surface area contributed by atoms with E-state index in [1.54, 1.807) is 24.3 Å². The van der Waals surface area contributed by atoms with Gasteiger partial charge in [0.15, 0.2) is 0 Å². The van der Waals surface area contributed by atoms with Gasteiger partial charge < -0.3 is 20.6 Å². The summed E-state index contributed by atoms with van der Waals surface area (Å²) in [5.41, 5.74) is 0.959. The Labute approximate surface area is 246 Å². The van der Waals surface area contributed by atoms with Crippen molar-refractivity contribution in [3.63, 3.8) is 0 Å². The Kier molecular flexibility index (Phi) is 9.75. The number of amides is 1. The van der Waals surface area contributed by atoms with Crippen LogP contribution in [0.25, 0.3) is 0 Å². The lowest BCUT2D eigenvalue weighted by Gasteiger charge is -2.29. The number of aromatic nitrogens is 1. The van der Waals surface area contributed by atoms with Crippen molar-refractivity contribution < 1.29 is 14.7 Å². The summed E-state index contributed by atoms with van der Waals surface area (Å²) in [6.07, 6.45) is 4.41. The number of carboxylic acids is 1. The molecule has 0 saturated heterocycles. The van der Waals surface area contributed by atoms with Gasteiger partial charge in [0.25, 0.3) is 16.8 Å². The molecule has 1 atom stereocenters. The summed E-state index contributed by atoms with van der Waals surface area (Å²) in [6.45, 7) is 2.99. The maximum absolute atomic E-state index is 12.7. The van der Waals surface area contributed by atoms with E-state index in [4.69, 9.17) is 23.2 Å². The lowest BCUT2D eigenvalue weighted by atomic mass is 10.0. The van der Waals surface area contributed by atoms with Crippen molar-refractivity contribution in [2.24, 2.45) is 0 Å². The van der Waals surface area contributed by atoms with Crippen molar-refractivity contribution in [3.05, 3.63) is 114 Å². The molecule has 1 aromatic heterocycles. The number of rotatable bonds is 13. The molecule has 41 heavy (non-hydrogen) atoms. The van der Waals surface area contributed by atoms with Crippen LogP contribution in [-0.2, 0) is 17.8 Å². The minimum Gasteiger partial charge on any atom is -0.480 e. The van der Waals surface area contributed by atoms with Gasteiger partial charge >= 0.3 is 5.97 Å². The van der Waals surface area contributed by atoms with Gasteiger partial charge in [-0.25, -0.2) is 4.79 Å². The van der Waals surface area contributed by atoms with Gasteiger partial charge in [-0.1, -0.05) is 79.0 Å². The van der Waals surface area contributed by atoms with E-state index in [0.717, 1.165) is 18.4 Å². The second-order valence-corrected chi connectivity index (χ2v) is 10.3. The molecule has 4 rings (SSSR count). The van der Waals surface area contributed by atoms with Crippen LogP contribution in [0.5, 0.6) is 0 Å². The molecule has 0 bridgehead atoms. The van der Waals surface area contributed by atoms with Gasteiger partial charge in [0.05, 0.1) is 15.7 Å². The molecule has 1 heterocycles. The first-order valence-electron chi connectivity index (χ1n) is 13.0. The van der Waals surface area contributed by atoms with Crippen LogP contribution in [-0.4, -0.2) is 34.6 Å². The number of hydrogen-bond acceptors (Lipinski definition) is 7. The van der Waals surface area contributed by atoms with Crippen LogP contribution in [0.1, 0.15) is 41.3 Å². The summed E-state index contributed by atoms with van der Waals surface area (Å²) >= 11 is 12.1. The van der Waals surface area contributed by atoms with E-state index in [0.29, 0.717) is 24.2 Å². The highest BCUT2D eigenvalue weighted by Gasteiger charge is 2.30. The lowest BCUT2D eigenvalue weighted by Crippen LogP contribution is -2.45. The molecule has 11 heteroatoms. The van der Waals surface area contributed by atoms with Crippen LogP contribution in [0.3, 0.4) is 0 Å². The lowest BCUT2D eigenvalue weighted by molar-refractivity contribution is -0.137. The number of anilines is 3. The van der Waals surface area contributed by atoms with E-state index in [-0.39, 0.29) is 33.5 Å². The highest BCUT2D eigenvalue weighted by Crippen LogP contribution is 2.29. The number of benzene rings is 2. The van der Waals surface area contributed by atoms with Gasteiger partial charge in [0, 0.05) is 37.5 Å². The number of unbranched alkanes of at least 4 members (excludes halogenated alkanes) is 1. The Balaban J connectivity index is 1.50. The molecule has 0 unspecified atom stereocenters. The molecule has 3 aromatic carbocycles. The average molecular weight is 595 g/mol.